The van der Waals surface area contributed by atoms with E-state index in [9.17, 15) is 18.5 Å². The number of rotatable bonds is 5. The van der Waals surface area contributed by atoms with Gasteiger partial charge in [0.1, 0.15) is 0 Å². The molecule has 0 saturated heterocycles. The van der Waals surface area contributed by atoms with E-state index in [0.29, 0.717) is 11.1 Å². The molecule has 0 saturated carbocycles. The van der Waals surface area contributed by atoms with Crippen molar-refractivity contribution in [3.05, 3.63) is 33.4 Å². The van der Waals surface area contributed by atoms with Crippen LogP contribution in [0.5, 0.6) is 0 Å². The summed E-state index contributed by atoms with van der Waals surface area (Å²) in [6, 6.07) is 2.13. The molecule has 0 unspecified atom stereocenters. The molecule has 0 spiro atoms. The zero-order valence-electron chi connectivity index (χ0n) is 11.0. The van der Waals surface area contributed by atoms with E-state index in [1.54, 1.807) is 20.8 Å². The van der Waals surface area contributed by atoms with Crippen LogP contribution >= 0.6 is 0 Å². The van der Waals surface area contributed by atoms with Crippen LogP contribution in [0.2, 0.25) is 0 Å². The quantitative estimate of drug-likeness (QED) is 0.615. The van der Waals surface area contributed by atoms with Crippen molar-refractivity contribution >= 4 is 15.7 Å². The van der Waals surface area contributed by atoms with Crippen LogP contribution in [0, 0.1) is 24.0 Å². The summed E-state index contributed by atoms with van der Waals surface area (Å²) in [6.07, 6.45) is 0. The zero-order valence-corrected chi connectivity index (χ0v) is 11.8. The van der Waals surface area contributed by atoms with Gasteiger partial charge in [-0.15, -0.1) is 0 Å². The molecule has 0 aliphatic carbocycles. The van der Waals surface area contributed by atoms with E-state index in [4.69, 9.17) is 5.73 Å². The van der Waals surface area contributed by atoms with Gasteiger partial charge in [0.15, 0.2) is 0 Å². The molecule has 7 nitrogen and oxygen atoms in total. The maximum absolute atomic E-state index is 12.1. The molecular weight excluding hydrogens is 270 g/mol. The van der Waals surface area contributed by atoms with Crippen LogP contribution in [0.3, 0.4) is 0 Å². The first kappa shape index (κ1) is 15.5. The Kier molecular flexibility index (Phi) is 4.61. The summed E-state index contributed by atoms with van der Waals surface area (Å²) < 4.78 is 26.6. The molecule has 0 bridgehead atoms. The van der Waals surface area contributed by atoms with Crippen molar-refractivity contribution in [2.75, 3.05) is 6.54 Å². The number of nitrogens with two attached hydrogens (primary N) is 1. The molecule has 0 amide bonds. The summed E-state index contributed by atoms with van der Waals surface area (Å²) in [5, 5.41) is 10.9. The second-order valence-electron chi connectivity index (χ2n) is 4.42. The van der Waals surface area contributed by atoms with Crippen molar-refractivity contribution in [3.63, 3.8) is 0 Å². The highest BCUT2D eigenvalue weighted by Crippen LogP contribution is 2.25. The van der Waals surface area contributed by atoms with Gasteiger partial charge < -0.3 is 5.73 Å². The number of sulfonamides is 1. The third-order valence-corrected chi connectivity index (χ3v) is 4.42. The summed E-state index contributed by atoms with van der Waals surface area (Å²) in [4.78, 5) is 10.2. The second-order valence-corrected chi connectivity index (χ2v) is 6.10. The van der Waals surface area contributed by atoms with Gasteiger partial charge in [0, 0.05) is 24.2 Å². The van der Waals surface area contributed by atoms with Gasteiger partial charge in [-0.3, -0.25) is 10.1 Å². The smallest absolute Gasteiger partial charge is 0.273 e. The fourth-order valence-corrected chi connectivity index (χ4v) is 3.19. The molecule has 8 heteroatoms. The van der Waals surface area contributed by atoms with E-state index in [2.05, 4.69) is 4.72 Å². The molecule has 3 N–H and O–H groups in total. The summed E-state index contributed by atoms with van der Waals surface area (Å²) in [7, 11) is -3.81. The van der Waals surface area contributed by atoms with Gasteiger partial charge in [-0.1, -0.05) is 0 Å². The Morgan fingerprint density at radius 1 is 1.37 bits per heavy atom. The number of nitro benzene ring substituents is 1. The van der Waals surface area contributed by atoms with Crippen molar-refractivity contribution in [2.45, 2.75) is 31.7 Å². The van der Waals surface area contributed by atoms with Crippen molar-refractivity contribution in [1.82, 2.24) is 4.72 Å². The molecule has 0 aromatic heterocycles. The highest BCUT2D eigenvalue weighted by atomic mass is 32.2. The highest BCUT2D eigenvalue weighted by molar-refractivity contribution is 7.89. The lowest BCUT2D eigenvalue weighted by Gasteiger charge is -2.14. The van der Waals surface area contributed by atoms with Crippen LogP contribution < -0.4 is 10.5 Å². The normalized spacial score (nSPS) is 13.3. The maximum Gasteiger partial charge on any atom is 0.273 e. The molecule has 1 aromatic carbocycles. The maximum atomic E-state index is 12.1. The molecule has 0 fully saturated rings. The third kappa shape index (κ3) is 3.49. The highest BCUT2D eigenvalue weighted by Gasteiger charge is 2.23. The fraction of sp³-hybridized carbons (Fsp3) is 0.455. The molecule has 0 heterocycles. The van der Waals surface area contributed by atoms with Gasteiger partial charge in [0.25, 0.3) is 5.69 Å². The predicted octanol–water partition coefficient (Wildman–Crippen LogP) is 0.837. The SMILES string of the molecule is Cc1cc(C)c(S(=O)(=O)N[C@@H](C)CN)cc1[N+](=O)[O-]. The van der Waals surface area contributed by atoms with Crippen LogP contribution in [-0.2, 0) is 10.0 Å². The topological polar surface area (TPSA) is 115 Å². The van der Waals surface area contributed by atoms with Gasteiger partial charge >= 0.3 is 0 Å². The minimum atomic E-state index is -3.81. The first-order valence-electron chi connectivity index (χ1n) is 5.67. The Morgan fingerprint density at radius 3 is 2.42 bits per heavy atom. The van der Waals surface area contributed by atoms with E-state index in [1.165, 1.54) is 6.07 Å². The van der Waals surface area contributed by atoms with E-state index < -0.39 is 21.0 Å². The Balaban J connectivity index is 3.34. The average molecular weight is 287 g/mol. The number of nitro groups is 1. The molecule has 1 atom stereocenters. The van der Waals surface area contributed by atoms with Crippen molar-refractivity contribution in [2.24, 2.45) is 5.73 Å². The monoisotopic (exact) mass is 287 g/mol. The van der Waals surface area contributed by atoms with E-state index in [1.807, 2.05) is 0 Å². The molecule has 1 aromatic rings. The average Bonchev–Trinajstić information content (AvgIpc) is 2.27. The largest absolute Gasteiger partial charge is 0.329 e. The lowest BCUT2D eigenvalue weighted by Crippen LogP contribution is -2.38. The van der Waals surface area contributed by atoms with E-state index in [0.717, 1.165) is 6.07 Å². The molecular formula is C11H17N3O4S. The molecule has 1 rings (SSSR count). The van der Waals surface area contributed by atoms with E-state index >= 15 is 0 Å². The number of benzene rings is 1. The number of hydrogen-bond donors (Lipinski definition) is 2. The fourth-order valence-electron chi connectivity index (χ4n) is 1.68. The molecule has 0 aliphatic heterocycles. The summed E-state index contributed by atoms with van der Waals surface area (Å²) in [6.45, 7) is 4.93. The van der Waals surface area contributed by atoms with Crippen LogP contribution in [0.25, 0.3) is 0 Å². The van der Waals surface area contributed by atoms with Crippen molar-refractivity contribution in [3.8, 4) is 0 Å². The Hall–Kier alpha value is -1.51. The Morgan fingerprint density at radius 2 is 1.95 bits per heavy atom. The summed E-state index contributed by atoms with van der Waals surface area (Å²) in [5.41, 5.74) is 6.03. The van der Waals surface area contributed by atoms with Gasteiger partial charge in [0.05, 0.1) is 9.82 Å². The minimum Gasteiger partial charge on any atom is -0.329 e. The van der Waals surface area contributed by atoms with Crippen LogP contribution in [-0.4, -0.2) is 25.9 Å². The first-order valence-corrected chi connectivity index (χ1v) is 7.15. The van der Waals surface area contributed by atoms with Crippen LogP contribution in [0.15, 0.2) is 17.0 Å². The number of hydrogen-bond acceptors (Lipinski definition) is 5. The zero-order chi connectivity index (χ0) is 14.8. The predicted molar refractivity (Wildman–Crippen MR) is 71.4 cm³/mol. The van der Waals surface area contributed by atoms with Gasteiger partial charge in [-0.25, -0.2) is 13.1 Å². The number of aryl methyl sites for hydroxylation is 2. The van der Waals surface area contributed by atoms with Gasteiger partial charge in [0.2, 0.25) is 10.0 Å². The second kappa shape index (κ2) is 5.64. The van der Waals surface area contributed by atoms with Crippen molar-refractivity contribution in [1.29, 1.82) is 0 Å². The third-order valence-electron chi connectivity index (χ3n) is 2.69. The summed E-state index contributed by atoms with van der Waals surface area (Å²) in [5.74, 6) is 0. The number of nitrogens with one attached hydrogen (secondary N) is 1. The van der Waals surface area contributed by atoms with Crippen LogP contribution in [0.1, 0.15) is 18.1 Å². The molecule has 0 aliphatic rings. The minimum absolute atomic E-state index is 0.0925. The van der Waals surface area contributed by atoms with Crippen LogP contribution in [0.4, 0.5) is 5.69 Å². The Bertz CT molecular complexity index is 598. The molecule has 0 radical (unpaired) electrons. The van der Waals surface area contributed by atoms with Gasteiger partial charge in [-0.05, 0) is 32.4 Å². The lowest BCUT2D eigenvalue weighted by atomic mass is 10.1. The summed E-state index contributed by atoms with van der Waals surface area (Å²) >= 11 is 0. The number of nitrogens with zero attached hydrogens (tertiary/aromatic N) is 1. The lowest BCUT2D eigenvalue weighted by molar-refractivity contribution is -0.385. The molecule has 19 heavy (non-hydrogen) atoms. The molecule has 106 valence electrons. The first-order chi connectivity index (χ1) is 8.69. The van der Waals surface area contributed by atoms with Crippen molar-refractivity contribution < 1.29 is 13.3 Å². The Labute approximate surface area is 112 Å². The van der Waals surface area contributed by atoms with Gasteiger partial charge in [-0.2, -0.15) is 0 Å². The standard InChI is InChI=1S/C11H17N3O4S/c1-7-4-8(2)11(5-10(7)14(15)16)19(17,18)13-9(3)6-12/h4-5,9,13H,6,12H2,1-3H3/t9-/m0/s1. The van der Waals surface area contributed by atoms with E-state index in [-0.39, 0.29) is 17.1 Å².